The molecule has 1 N–H and O–H groups in total. The third-order valence-electron chi connectivity index (χ3n) is 3.54. The van der Waals surface area contributed by atoms with Crippen LogP contribution >= 0.6 is 11.3 Å². The van der Waals surface area contributed by atoms with E-state index in [4.69, 9.17) is 0 Å². The first-order valence-corrected chi connectivity index (χ1v) is 7.54. The van der Waals surface area contributed by atoms with E-state index in [1.807, 2.05) is 11.3 Å². The van der Waals surface area contributed by atoms with Crippen LogP contribution in [0.3, 0.4) is 0 Å². The molecule has 2 rings (SSSR count). The van der Waals surface area contributed by atoms with Crippen LogP contribution < -0.4 is 5.32 Å². The fraction of sp³-hybridized carbons (Fsp3) is 0.714. The van der Waals surface area contributed by atoms with E-state index in [0.717, 1.165) is 19.0 Å². The number of piperazine rings is 1. The van der Waals surface area contributed by atoms with Crippen LogP contribution in [0.5, 0.6) is 0 Å². The molecule has 1 aromatic rings. The number of nitrogens with zero attached hydrogens (tertiary/aromatic N) is 1. The Hall–Kier alpha value is -0.380. The van der Waals surface area contributed by atoms with Crippen molar-refractivity contribution < 1.29 is 0 Å². The van der Waals surface area contributed by atoms with Crippen molar-refractivity contribution >= 4 is 11.3 Å². The highest BCUT2D eigenvalue weighted by Gasteiger charge is 2.21. The molecule has 1 unspecified atom stereocenters. The maximum absolute atomic E-state index is 3.61. The molecule has 0 bridgehead atoms. The minimum Gasteiger partial charge on any atom is -0.311 e. The van der Waals surface area contributed by atoms with E-state index in [1.54, 1.807) is 0 Å². The standard InChI is InChI=1S/C14H24N2S/c1-4-12-5-6-13(17-12)9-16-8-7-15-14(10-16)11(2)3/h5-6,11,14-15H,4,7-10H2,1-3H3. The zero-order valence-electron chi connectivity index (χ0n) is 11.2. The van der Waals surface area contributed by atoms with Gasteiger partial charge < -0.3 is 5.32 Å². The molecule has 1 aromatic heterocycles. The van der Waals surface area contributed by atoms with E-state index < -0.39 is 0 Å². The third kappa shape index (κ3) is 3.54. The monoisotopic (exact) mass is 252 g/mol. The Labute approximate surface area is 109 Å². The number of hydrogen-bond acceptors (Lipinski definition) is 3. The van der Waals surface area contributed by atoms with Gasteiger partial charge in [-0.05, 0) is 24.5 Å². The van der Waals surface area contributed by atoms with E-state index >= 15 is 0 Å². The highest BCUT2D eigenvalue weighted by molar-refractivity contribution is 7.11. The fourth-order valence-electron chi connectivity index (χ4n) is 2.35. The molecule has 0 saturated carbocycles. The van der Waals surface area contributed by atoms with Crippen molar-refractivity contribution in [2.75, 3.05) is 19.6 Å². The molecule has 2 heterocycles. The largest absolute Gasteiger partial charge is 0.311 e. The predicted molar refractivity (Wildman–Crippen MR) is 75.6 cm³/mol. The van der Waals surface area contributed by atoms with E-state index in [-0.39, 0.29) is 0 Å². The van der Waals surface area contributed by atoms with E-state index in [9.17, 15) is 0 Å². The lowest BCUT2D eigenvalue weighted by molar-refractivity contribution is 0.170. The Bertz CT molecular complexity index is 346. The normalized spacial score (nSPS) is 22.2. The lowest BCUT2D eigenvalue weighted by Gasteiger charge is -2.35. The van der Waals surface area contributed by atoms with Crippen molar-refractivity contribution in [2.24, 2.45) is 5.92 Å². The smallest absolute Gasteiger partial charge is 0.0329 e. The summed E-state index contributed by atoms with van der Waals surface area (Å²) in [5.41, 5.74) is 0. The number of rotatable bonds is 4. The van der Waals surface area contributed by atoms with Gasteiger partial charge in [0.05, 0.1) is 0 Å². The highest BCUT2D eigenvalue weighted by Crippen LogP contribution is 2.20. The Morgan fingerprint density at radius 2 is 2.18 bits per heavy atom. The van der Waals surface area contributed by atoms with Gasteiger partial charge in [-0.15, -0.1) is 11.3 Å². The molecule has 1 saturated heterocycles. The third-order valence-corrected chi connectivity index (χ3v) is 4.75. The minimum absolute atomic E-state index is 0.661. The average molecular weight is 252 g/mol. The average Bonchev–Trinajstić information content (AvgIpc) is 2.77. The molecule has 1 aliphatic rings. The molecule has 1 fully saturated rings. The molecule has 96 valence electrons. The number of thiophene rings is 1. The van der Waals surface area contributed by atoms with E-state index in [0.29, 0.717) is 6.04 Å². The van der Waals surface area contributed by atoms with Crippen molar-refractivity contribution in [2.45, 2.75) is 39.8 Å². The van der Waals surface area contributed by atoms with Gasteiger partial charge in [-0.25, -0.2) is 0 Å². The zero-order valence-corrected chi connectivity index (χ0v) is 12.0. The summed E-state index contributed by atoms with van der Waals surface area (Å²) in [4.78, 5) is 5.62. The van der Waals surface area contributed by atoms with Crippen molar-refractivity contribution in [3.05, 3.63) is 21.9 Å². The molecule has 0 amide bonds. The maximum atomic E-state index is 3.61. The molecule has 0 aliphatic carbocycles. The first-order chi connectivity index (χ1) is 8.19. The topological polar surface area (TPSA) is 15.3 Å². The van der Waals surface area contributed by atoms with Gasteiger partial charge in [0.2, 0.25) is 0 Å². The second-order valence-electron chi connectivity index (χ2n) is 5.26. The Balaban J connectivity index is 1.90. The second-order valence-corrected chi connectivity index (χ2v) is 6.51. The summed E-state index contributed by atoms with van der Waals surface area (Å²) in [7, 11) is 0. The Morgan fingerprint density at radius 3 is 2.82 bits per heavy atom. The molecule has 3 heteroatoms. The summed E-state index contributed by atoms with van der Waals surface area (Å²) < 4.78 is 0. The van der Waals surface area contributed by atoms with Crippen molar-refractivity contribution in [1.82, 2.24) is 10.2 Å². The first kappa shape index (κ1) is 13.1. The molecular weight excluding hydrogens is 228 g/mol. The van der Waals surface area contributed by atoms with Gasteiger partial charge in [0.25, 0.3) is 0 Å². The summed E-state index contributed by atoms with van der Waals surface area (Å²) in [5, 5.41) is 3.61. The molecule has 1 atom stereocenters. The zero-order chi connectivity index (χ0) is 12.3. The van der Waals surface area contributed by atoms with Crippen LogP contribution in [0.25, 0.3) is 0 Å². The number of hydrogen-bond donors (Lipinski definition) is 1. The van der Waals surface area contributed by atoms with E-state index in [1.165, 1.54) is 29.3 Å². The lowest BCUT2D eigenvalue weighted by atomic mass is 10.0. The second kappa shape index (κ2) is 5.98. The molecule has 0 aromatic carbocycles. The summed E-state index contributed by atoms with van der Waals surface area (Å²) in [6, 6.07) is 5.24. The number of aryl methyl sites for hydroxylation is 1. The maximum Gasteiger partial charge on any atom is 0.0329 e. The Kier molecular flexibility index (Phi) is 4.60. The van der Waals surface area contributed by atoms with Gasteiger partial charge in [-0.3, -0.25) is 4.90 Å². The van der Waals surface area contributed by atoms with Crippen LogP contribution in [0.1, 0.15) is 30.5 Å². The van der Waals surface area contributed by atoms with Gasteiger partial charge in [0, 0.05) is 42.0 Å². The van der Waals surface area contributed by atoms with Crippen LogP contribution in [0.15, 0.2) is 12.1 Å². The molecule has 17 heavy (non-hydrogen) atoms. The van der Waals surface area contributed by atoms with Crippen molar-refractivity contribution in [3.63, 3.8) is 0 Å². The molecule has 0 spiro atoms. The van der Waals surface area contributed by atoms with Gasteiger partial charge in [0.1, 0.15) is 0 Å². The van der Waals surface area contributed by atoms with Crippen LogP contribution in [-0.4, -0.2) is 30.6 Å². The van der Waals surface area contributed by atoms with Crippen LogP contribution in [-0.2, 0) is 13.0 Å². The van der Waals surface area contributed by atoms with Crippen molar-refractivity contribution in [1.29, 1.82) is 0 Å². The highest BCUT2D eigenvalue weighted by atomic mass is 32.1. The Morgan fingerprint density at radius 1 is 1.41 bits per heavy atom. The van der Waals surface area contributed by atoms with Gasteiger partial charge in [-0.1, -0.05) is 20.8 Å². The van der Waals surface area contributed by atoms with Crippen molar-refractivity contribution in [3.8, 4) is 0 Å². The number of nitrogens with one attached hydrogen (secondary N) is 1. The summed E-state index contributed by atoms with van der Waals surface area (Å²) in [6.07, 6.45) is 1.17. The van der Waals surface area contributed by atoms with Gasteiger partial charge >= 0.3 is 0 Å². The van der Waals surface area contributed by atoms with Gasteiger partial charge in [-0.2, -0.15) is 0 Å². The van der Waals surface area contributed by atoms with E-state index in [2.05, 4.69) is 43.1 Å². The van der Waals surface area contributed by atoms with Crippen LogP contribution in [0.2, 0.25) is 0 Å². The minimum atomic E-state index is 0.661. The van der Waals surface area contributed by atoms with Crippen LogP contribution in [0.4, 0.5) is 0 Å². The van der Waals surface area contributed by atoms with Gasteiger partial charge in [0.15, 0.2) is 0 Å². The fourth-order valence-corrected chi connectivity index (χ4v) is 3.35. The quantitative estimate of drug-likeness (QED) is 0.886. The molecular formula is C14H24N2S. The van der Waals surface area contributed by atoms with Crippen LogP contribution in [0, 0.1) is 5.92 Å². The first-order valence-electron chi connectivity index (χ1n) is 6.72. The lowest BCUT2D eigenvalue weighted by Crippen LogP contribution is -2.52. The predicted octanol–water partition coefficient (Wildman–Crippen LogP) is 2.74. The summed E-state index contributed by atoms with van der Waals surface area (Å²) in [6.45, 7) is 11.5. The molecule has 2 nitrogen and oxygen atoms in total. The SMILES string of the molecule is CCc1ccc(CN2CCNC(C(C)C)C2)s1. The summed E-state index contributed by atoms with van der Waals surface area (Å²) in [5.74, 6) is 0.729. The summed E-state index contributed by atoms with van der Waals surface area (Å²) >= 11 is 1.97. The molecule has 1 aliphatic heterocycles. The molecule has 0 radical (unpaired) electrons.